The van der Waals surface area contributed by atoms with Crippen LogP contribution in [-0.4, -0.2) is 32.1 Å². The summed E-state index contributed by atoms with van der Waals surface area (Å²) in [6.07, 6.45) is 0. The van der Waals surface area contributed by atoms with E-state index >= 15 is 0 Å². The van der Waals surface area contributed by atoms with Gasteiger partial charge in [0.25, 0.3) is 0 Å². The summed E-state index contributed by atoms with van der Waals surface area (Å²) in [6, 6.07) is 16.6. The second kappa shape index (κ2) is 7.70. The highest BCUT2D eigenvalue weighted by molar-refractivity contribution is 5.48. The van der Waals surface area contributed by atoms with Crippen LogP contribution in [0.15, 0.2) is 48.5 Å². The van der Waals surface area contributed by atoms with E-state index in [-0.39, 0.29) is 0 Å². The number of hydrogen-bond donors (Lipinski definition) is 1. The summed E-state index contributed by atoms with van der Waals surface area (Å²) in [4.78, 5) is 2.11. The molecule has 0 unspecified atom stereocenters. The molecule has 2 aromatic rings. The average molecular weight is 284 g/mol. The molecule has 0 heterocycles. The lowest BCUT2D eigenvalue weighted by atomic mass is 10.1. The molecule has 0 aliphatic heterocycles. The van der Waals surface area contributed by atoms with Gasteiger partial charge in [0.1, 0.15) is 12.4 Å². The fourth-order valence-electron chi connectivity index (χ4n) is 2.05. The van der Waals surface area contributed by atoms with E-state index in [0.717, 1.165) is 24.5 Å². The first kappa shape index (κ1) is 15.4. The minimum Gasteiger partial charge on any atom is -0.492 e. The van der Waals surface area contributed by atoms with Crippen LogP contribution in [0.5, 0.6) is 5.75 Å². The number of anilines is 1. The zero-order chi connectivity index (χ0) is 15.1. The first-order valence-electron chi connectivity index (χ1n) is 7.31. The van der Waals surface area contributed by atoms with Crippen molar-refractivity contribution in [2.75, 3.05) is 32.6 Å². The number of ether oxygens (including phenoxy) is 1. The summed E-state index contributed by atoms with van der Waals surface area (Å²) in [6.45, 7) is 4.58. The highest BCUT2D eigenvalue weighted by Gasteiger charge is 2.00. The van der Waals surface area contributed by atoms with Gasteiger partial charge in [-0.3, -0.25) is 0 Å². The fourth-order valence-corrected chi connectivity index (χ4v) is 2.05. The number of hydrogen-bond acceptors (Lipinski definition) is 3. The maximum atomic E-state index is 5.75. The maximum Gasteiger partial charge on any atom is 0.121 e. The zero-order valence-corrected chi connectivity index (χ0v) is 13.1. The van der Waals surface area contributed by atoms with Crippen LogP contribution in [0.1, 0.15) is 11.1 Å². The van der Waals surface area contributed by atoms with Crippen molar-refractivity contribution in [2.24, 2.45) is 0 Å². The Hall–Kier alpha value is -2.00. The largest absolute Gasteiger partial charge is 0.492 e. The third-order valence-corrected chi connectivity index (χ3v) is 3.39. The van der Waals surface area contributed by atoms with E-state index in [9.17, 15) is 0 Å². The number of nitrogens with one attached hydrogen (secondary N) is 1. The van der Waals surface area contributed by atoms with Crippen molar-refractivity contribution in [1.29, 1.82) is 0 Å². The molecule has 0 aromatic heterocycles. The lowest BCUT2D eigenvalue weighted by molar-refractivity contribution is 0.261. The van der Waals surface area contributed by atoms with E-state index < -0.39 is 0 Å². The Kier molecular flexibility index (Phi) is 5.64. The molecule has 0 aliphatic rings. The molecular formula is C18H24N2O. The van der Waals surface area contributed by atoms with Crippen molar-refractivity contribution in [3.05, 3.63) is 59.7 Å². The third-order valence-electron chi connectivity index (χ3n) is 3.39. The quantitative estimate of drug-likeness (QED) is 0.841. The van der Waals surface area contributed by atoms with E-state index in [1.165, 1.54) is 11.1 Å². The van der Waals surface area contributed by atoms with Gasteiger partial charge in [-0.2, -0.15) is 0 Å². The summed E-state index contributed by atoms with van der Waals surface area (Å²) in [7, 11) is 4.09. The van der Waals surface area contributed by atoms with Crippen LogP contribution >= 0.6 is 0 Å². The van der Waals surface area contributed by atoms with Crippen LogP contribution in [0.25, 0.3) is 0 Å². The second-order valence-electron chi connectivity index (χ2n) is 5.46. The molecule has 0 aliphatic carbocycles. The first-order valence-corrected chi connectivity index (χ1v) is 7.31. The monoisotopic (exact) mass is 284 g/mol. The van der Waals surface area contributed by atoms with E-state index in [1.807, 2.05) is 32.3 Å². The Balaban J connectivity index is 1.90. The smallest absolute Gasteiger partial charge is 0.121 e. The summed E-state index contributed by atoms with van der Waals surface area (Å²) in [5, 5.41) is 3.45. The van der Waals surface area contributed by atoms with Crippen LogP contribution in [-0.2, 0) is 6.54 Å². The van der Waals surface area contributed by atoms with E-state index in [2.05, 4.69) is 47.5 Å². The molecule has 3 nitrogen and oxygen atoms in total. The van der Waals surface area contributed by atoms with Crippen molar-refractivity contribution in [3.8, 4) is 5.75 Å². The van der Waals surface area contributed by atoms with Crippen LogP contribution < -0.4 is 10.1 Å². The number of benzene rings is 2. The summed E-state index contributed by atoms with van der Waals surface area (Å²) >= 11 is 0. The van der Waals surface area contributed by atoms with Gasteiger partial charge in [-0.1, -0.05) is 30.3 Å². The third kappa shape index (κ3) is 5.12. The molecule has 0 atom stereocenters. The van der Waals surface area contributed by atoms with Crippen molar-refractivity contribution < 1.29 is 4.74 Å². The maximum absolute atomic E-state index is 5.75. The molecule has 21 heavy (non-hydrogen) atoms. The molecule has 0 bridgehead atoms. The number of aryl methyl sites for hydroxylation is 1. The summed E-state index contributed by atoms with van der Waals surface area (Å²) < 4.78 is 5.75. The molecule has 0 spiro atoms. The molecule has 2 aromatic carbocycles. The molecule has 0 saturated carbocycles. The first-order chi connectivity index (χ1) is 10.1. The van der Waals surface area contributed by atoms with Gasteiger partial charge in [-0.15, -0.1) is 0 Å². The van der Waals surface area contributed by atoms with Gasteiger partial charge in [0.2, 0.25) is 0 Å². The molecule has 1 N–H and O–H groups in total. The van der Waals surface area contributed by atoms with Gasteiger partial charge >= 0.3 is 0 Å². The second-order valence-corrected chi connectivity index (χ2v) is 5.46. The molecule has 0 radical (unpaired) electrons. The highest BCUT2D eigenvalue weighted by atomic mass is 16.5. The van der Waals surface area contributed by atoms with Crippen molar-refractivity contribution in [1.82, 2.24) is 4.90 Å². The minimum absolute atomic E-state index is 0.703. The molecule has 0 fully saturated rings. The van der Waals surface area contributed by atoms with Gasteiger partial charge in [0.05, 0.1) is 0 Å². The predicted octanol–water partition coefficient (Wildman–Crippen LogP) is 3.55. The van der Waals surface area contributed by atoms with Crippen LogP contribution in [0.2, 0.25) is 0 Å². The molecule has 0 amide bonds. The lowest BCUT2D eigenvalue weighted by Crippen LogP contribution is -2.19. The molecular weight excluding hydrogens is 260 g/mol. The Morgan fingerprint density at radius 1 is 1.05 bits per heavy atom. The topological polar surface area (TPSA) is 24.5 Å². The lowest BCUT2D eigenvalue weighted by Gasteiger charge is -2.13. The van der Waals surface area contributed by atoms with Gasteiger partial charge < -0.3 is 15.0 Å². The van der Waals surface area contributed by atoms with Crippen molar-refractivity contribution in [3.63, 3.8) is 0 Å². The Bertz CT molecular complexity index is 567. The normalized spacial score (nSPS) is 10.7. The Morgan fingerprint density at radius 2 is 1.86 bits per heavy atom. The number of rotatable bonds is 7. The number of likely N-dealkylation sites (N-methyl/N-ethyl adjacent to an activating group) is 1. The molecule has 0 saturated heterocycles. The van der Waals surface area contributed by atoms with Gasteiger partial charge in [0, 0.05) is 24.8 Å². The van der Waals surface area contributed by atoms with Crippen molar-refractivity contribution >= 4 is 5.69 Å². The van der Waals surface area contributed by atoms with Gasteiger partial charge in [-0.25, -0.2) is 0 Å². The van der Waals surface area contributed by atoms with Crippen LogP contribution in [0.3, 0.4) is 0 Å². The molecule has 3 heteroatoms. The fraction of sp³-hybridized carbons (Fsp3) is 0.333. The van der Waals surface area contributed by atoms with Crippen LogP contribution in [0, 0.1) is 6.92 Å². The standard InChI is InChI=1S/C18H24N2O/c1-15-7-4-5-8-16(15)14-19-17-9-6-10-18(13-17)21-12-11-20(2)3/h4-10,13,19H,11-12,14H2,1-3H3. The van der Waals surface area contributed by atoms with Gasteiger partial charge in [0.15, 0.2) is 0 Å². The van der Waals surface area contributed by atoms with E-state index in [1.54, 1.807) is 0 Å². The SMILES string of the molecule is Cc1ccccc1CNc1cccc(OCCN(C)C)c1. The molecule has 112 valence electrons. The van der Waals surface area contributed by atoms with Gasteiger partial charge in [-0.05, 0) is 44.3 Å². The summed E-state index contributed by atoms with van der Waals surface area (Å²) in [5.74, 6) is 0.909. The Labute approximate surface area is 127 Å². The minimum atomic E-state index is 0.703. The van der Waals surface area contributed by atoms with Crippen LogP contribution in [0.4, 0.5) is 5.69 Å². The Morgan fingerprint density at radius 3 is 2.62 bits per heavy atom. The summed E-state index contributed by atoms with van der Waals surface area (Å²) in [5.41, 5.74) is 3.71. The van der Waals surface area contributed by atoms with E-state index in [4.69, 9.17) is 4.74 Å². The highest BCUT2D eigenvalue weighted by Crippen LogP contribution is 2.18. The average Bonchev–Trinajstić information content (AvgIpc) is 2.46. The number of nitrogens with zero attached hydrogens (tertiary/aromatic N) is 1. The molecule has 2 rings (SSSR count). The van der Waals surface area contributed by atoms with Crippen molar-refractivity contribution in [2.45, 2.75) is 13.5 Å². The van der Waals surface area contributed by atoms with E-state index in [0.29, 0.717) is 6.61 Å². The predicted molar refractivity (Wildman–Crippen MR) is 89.0 cm³/mol. The zero-order valence-electron chi connectivity index (χ0n) is 13.1.